The zero-order valence-corrected chi connectivity index (χ0v) is 10.9. The number of fused-ring (bicyclic) bond motifs is 1. The van der Waals surface area contributed by atoms with Crippen LogP contribution in [0.25, 0.3) is 21.9 Å². The second kappa shape index (κ2) is 4.38. The summed E-state index contributed by atoms with van der Waals surface area (Å²) >= 11 is 1.62. The molecular weight excluding hydrogens is 248 g/mol. The largest absolute Gasteiger partial charge is 0.476 e. The summed E-state index contributed by atoms with van der Waals surface area (Å²) < 4.78 is 7.42. The van der Waals surface area contributed by atoms with Crippen LogP contribution in [0.5, 0.6) is 5.88 Å². The molecule has 0 aliphatic carbocycles. The summed E-state index contributed by atoms with van der Waals surface area (Å²) in [6.45, 7) is 2.49. The Morgan fingerprint density at radius 1 is 1.39 bits per heavy atom. The topological polar surface area (TPSA) is 52.8 Å². The number of thiophene rings is 1. The lowest BCUT2D eigenvalue weighted by atomic mass is 10.3. The van der Waals surface area contributed by atoms with Gasteiger partial charge in [-0.3, -0.25) is 0 Å². The molecule has 92 valence electrons. The first-order valence-electron chi connectivity index (χ1n) is 5.65. The number of hydrogen-bond acceptors (Lipinski definition) is 5. The van der Waals surface area contributed by atoms with E-state index in [1.54, 1.807) is 17.7 Å². The van der Waals surface area contributed by atoms with Gasteiger partial charge in [-0.15, -0.1) is 11.3 Å². The highest BCUT2D eigenvalue weighted by atomic mass is 32.1. The maximum Gasteiger partial charge on any atom is 0.243 e. The van der Waals surface area contributed by atoms with Crippen molar-refractivity contribution < 1.29 is 4.74 Å². The molecule has 18 heavy (non-hydrogen) atoms. The van der Waals surface area contributed by atoms with Crippen molar-refractivity contribution in [3.8, 4) is 16.5 Å². The minimum atomic E-state index is 0.547. The van der Waals surface area contributed by atoms with E-state index in [0.29, 0.717) is 18.1 Å². The van der Waals surface area contributed by atoms with Gasteiger partial charge in [0, 0.05) is 7.05 Å². The zero-order valence-electron chi connectivity index (χ0n) is 10.1. The molecule has 0 amide bonds. The van der Waals surface area contributed by atoms with E-state index in [1.165, 1.54) is 0 Å². The van der Waals surface area contributed by atoms with Gasteiger partial charge in [-0.1, -0.05) is 6.07 Å². The zero-order chi connectivity index (χ0) is 12.5. The van der Waals surface area contributed by atoms with Gasteiger partial charge in [0.2, 0.25) is 11.5 Å². The molecule has 3 rings (SSSR count). The van der Waals surface area contributed by atoms with Crippen LogP contribution >= 0.6 is 11.3 Å². The molecule has 0 N–H and O–H groups in total. The number of aromatic nitrogens is 4. The van der Waals surface area contributed by atoms with Gasteiger partial charge in [0.1, 0.15) is 5.69 Å². The summed E-state index contributed by atoms with van der Waals surface area (Å²) in [6.07, 6.45) is 1.71. The number of imidazole rings is 1. The first kappa shape index (κ1) is 11.2. The molecule has 0 aromatic carbocycles. The van der Waals surface area contributed by atoms with Gasteiger partial charge in [0.05, 0.1) is 17.8 Å². The Morgan fingerprint density at radius 3 is 3.00 bits per heavy atom. The molecular formula is C12H12N4OS. The van der Waals surface area contributed by atoms with Crippen molar-refractivity contribution >= 4 is 22.6 Å². The molecule has 0 spiro atoms. The normalized spacial score (nSPS) is 11.0. The molecule has 6 heteroatoms. The van der Waals surface area contributed by atoms with Crippen LogP contribution in [0.4, 0.5) is 0 Å². The van der Waals surface area contributed by atoms with Crippen LogP contribution in [0.1, 0.15) is 6.92 Å². The van der Waals surface area contributed by atoms with Crippen molar-refractivity contribution in [1.82, 2.24) is 19.5 Å². The maximum absolute atomic E-state index is 5.56. The molecule has 0 radical (unpaired) electrons. The number of nitrogens with zero attached hydrogens (tertiary/aromatic N) is 4. The summed E-state index contributed by atoms with van der Waals surface area (Å²) in [5, 5.41) is 2.01. The smallest absolute Gasteiger partial charge is 0.243 e. The van der Waals surface area contributed by atoms with Gasteiger partial charge >= 0.3 is 0 Å². The lowest BCUT2D eigenvalue weighted by molar-refractivity contribution is 0.328. The summed E-state index contributed by atoms with van der Waals surface area (Å²) in [4.78, 5) is 14.3. The molecule has 3 aromatic heterocycles. The molecule has 0 unspecified atom stereocenters. The minimum absolute atomic E-state index is 0.547. The van der Waals surface area contributed by atoms with Crippen LogP contribution in [0, 0.1) is 0 Å². The standard InChI is InChI=1S/C12H12N4OS/c1-3-17-12-9(8-5-4-6-18-8)14-11-10(15-12)13-7-16(11)2/h4-7H,3H2,1-2H3. The van der Waals surface area contributed by atoms with Gasteiger partial charge in [-0.05, 0) is 18.4 Å². The van der Waals surface area contributed by atoms with E-state index in [2.05, 4.69) is 15.0 Å². The fourth-order valence-corrected chi connectivity index (χ4v) is 2.44. The molecule has 0 fully saturated rings. The second-order valence-electron chi connectivity index (χ2n) is 3.79. The number of rotatable bonds is 3. The summed E-state index contributed by atoms with van der Waals surface area (Å²) in [7, 11) is 1.91. The average molecular weight is 260 g/mol. The Morgan fingerprint density at radius 2 is 2.28 bits per heavy atom. The quantitative estimate of drug-likeness (QED) is 0.726. The van der Waals surface area contributed by atoms with Gasteiger partial charge in [-0.25, -0.2) is 9.97 Å². The molecule has 3 heterocycles. The third kappa shape index (κ3) is 1.74. The molecule has 3 aromatic rings. The second-order valence-corrected chi connectivity index (χ2v) is 4.74. The molecule has 0 saturated carbocycles. The van der Waals surface area contributed by atoms with E-state index >= 15 is 0 Å². The SMILES string of the molecule is CCOc1nc2ncn(C)c2nc1-c1cccs1. The predicted molar refractivity (Wildman–Crippen MR) is 70.8 cm³/mol. The van der Waals surface area contributed by atoms with Gasteiger partial charge < -0.3 is 9.30 Å². The Bertz CT molecular complexity index is 675. The minimum Gasteiger partial charge on any atom is -0.476 e. The Balaban J connectivity index is 2.25. The van der Waals surface area contributed by atoms with Crippen LogP contribution in [0.15, 0.2) is 23.8 Å². The van der Waals surface area contributed by atoms with Crippen molar-refractivity contribution in [2.45, 2.75) is 6.92 Å². The fraction of sp³-hybridized carbons (Fsp3) is 0.250. The third-order valence-electron chi connectivity index (χ3n) is 2.55. The highest BCUT2D eigenvalue weighted by molar-refractivity contribution is 7.13. The van der Waals surface area contributed by atoms with Crippen molar-refractivity contribution in [1.29, 1.82) is 0 Å². The van der Waals surface area contributed by atoms with Gasteiger partial charge in [0.25, 0.3) is 0 Å². The monoisotopic (exact) mass is 260 g/mol. The van der Waals surface area contributed by atoms with Crippen LogP contribution in [0.2, 0.25) is 0 Å². The first-order valence-corrected chi connectivity index (χ1v) is 6.53. The van der Waals surface area contributed by atoms with Crippen molar-refractivity contribution in [3.05, 3.63) is 23.8 Å². The number of ether oxygens (including phenoxy) is 1. The van der Waals surface area contributed by atoms with Crippen molar-refractivity contribution in [2.24, 2.45) is 7.05 Å². The lowest BCUT2D eigenvalue weighted by Gasteiger charge is -2.06. The Labute approximate surface area is 108 Å². The highest BCUT2D eigenvalue weighted by Gasteiger charge is 2.15. The van der Waals surface area contributed by atoms with Crippen LogP contribution in [0.3, 0.4) is 0 Å². The van der Waals surface area contributed by atoms with E-state index in [-0.39, 0.29) is 0 Å². The third-order valence-corrected chi connectivity index (χ3v) is 3.43. The number of hydrogen-bond donors (Lipinski definition) is 0. The molecule has 0 atom stereocenters. The Hall–Kier alpha value is -1.95. The van der Waals surface area contributed by atoms with Crippen LogP contribution in [-0.2, 0) is 7.05 Å². The van der Waals surface area contributed by atoms with E-state index < -0.39 is 0 Å². The first-order chi connectivity index (χ1) is 8.79. The Kier molecular flexibility index (Phi) is 2.71. The average Bonchev–Trinajstić information content (AvgIpc) is 2.99. The summed E-state index contributed by atoms with van der Waals surface area (Å²) in [5.41, 5.74) is 2.16. The van der Waals surface area contributed by atoms with E-state index in [4.69, 9.17) is 4.74 Å². The predicted octanol–water partition coefficient (Wildman–Crippen LogP) is 2.49. The van der Waals surface area contributed by atoms with E-state index in [0.717, 1.165) is 16.2 Å². The summed E-state index contributed by atoms with van der Waals surface area (Å²) in [5.74, 6) is 0.547. The van der Waals surface area contributed by atoms with E-state index in [9.17, 15) is 0 Å². The fourth-order valence-electron chi connectivity index (χ4n) is 1.73. The number of aryl methyl sites for hydroxylation is 1. The van der Waals surface area contributed by atoms with E-state index in [1.807, 2.05) is 36.1 Å². The molecule has 0 bridgehead atoms. The molecule has 0 saturated heterocycles. The maximum atomic E-state index is 5.56. The van der Waals surface area contributed by atoms with Crippen LogP contribution in [-0.4, -0.2) is 26.1 Å². The van der Waals surface area contributed by atoms with Gasteiger partial charge in [0.15, 0.2) is 5.65 Å². The molecule has 0 aliphatic heterocycles. The molecule has 5 nitrogen and oxygen atoms in total. The highest BCUT2D eigenvalue weighted by Crippen LogP contribution is 2.31. The molecule has 0 aliphatic rings. The lowest BCUT2D eigenvalue weighted by Crippen LogP contribution is -2.00. The summed E-state index contributed by atoms with van der Waals surface area (Å²) in [6, 6.07) is 4.00. The van der Waals surface area contributed by atoms with Crippen molar-refractivity contribution in [2.75, 3.05) is 6.61 Å². The van der Waals surface area contributed by atoms with Gasteiger partial charge in [-0.2, -0.15) is 4.98 Å². The van der Waals surface area contributed by atoms with Crippen LogP contribution < -0.4 is 4.74 Å². The van der Waals surface area contributed by atoms with Crippen molar-refractivity contribution in [3.63, 3.8) is 0 Å².